The van der Waals surface area contributed by atoms with Crippen LogP contribution in [-0.4, -0.2) is 33.2 Å². The molecule has 0 aliphatic carbocycles. The van der Waals surface area contributed by atoms with Gasteiger partial charge in [0.15, 0.2) is 5.84 Å². The van der Waals surface area contributed by atoms with Gasteiger partial charge in [0.1, 0.15) is 5.69 Å². The number of amides is 1. The molecule has 0 bridgehead atoms. The van der Waals surface area contributed by atoms with E-state index in [1.54, 1.807) is 6.92 Å². The predicted octanol–water partition coefficient (Wildman–Crippen LogP) is -0.726. The number of carbonyl (C=O) groups excluding carboxylic acids is 1. The van der Waals surface area contributed by atoms with Crippen LogP contribution in [0, 0.1) is 0 Å². The molecule has 1 unspecified atom stereocenters. The minimum Gasteiger partial charge on any atom is -0.409 e. The smallest absolute Gasteiger partial charge is 0.269 e. The van der Waals surface area contributed by atoms with Crippen LogP contribution in [0.3, 0.4) is 0 Å². The molecule has 0 radical (unpaired) electrons. The Hall–Kier alpha value is -2.05. The molecule has 0 aromatic carbocycles. The van der Waals surface area contributed by atoms with E-state index in [9.17, 15) is 4.79 Å². The number of nitrogens with one attached hydrogen (secondary N) is 2. The lowest BCUT2D eigenvalue weighted by molar-refractivity contribution is 0.0943. The molecule has 0 fully saturated rings. The van der Waals surface area contributed by atoms with Crippen LogP contribution in [0.25, 0.3) is 0 Å². The van der Waals surface area contributed by atoms with Crippen molar-refractivity contribution < 1.29 is 10.0 Å². The van der Waals surface area contributed by atoms with Crippen molar-refractivity contribution in [2.24, 2.45) is 10.9 Å². The molecule has 76 valence electrons. The minimum atomic E-state index is -0.532. The number of aromatic nitrogens is 2. The van der Waals surface area contributed by atoms with Gasteiger partial charge >= 0.3 is 0 Å². The third-order valence-corrected chi connectivity index (χ3v) is 1.65. The van der Waals surface area contributed by atoms with Crippen molar-refractivity contribution in [3.63, 3.8) is 0 Å². The van der Waals surface area contributed by atoms with Crippen molar-refractivity contribution in [2.45, 2.75) is 13.0 Å². The maximum absolute atomic E-state index is 11.4. The summed E-state index contributed by atoms with van der Waals surface area (Å²) in [4.78, 5) is 11.4. The Balaban J connectivity index is 2.58. The number of nitrogens with two attached hydrogens (primary N) is 1. The Morgan fingerprint density at radius 3 is 3.07 bits per heavy atom. The van der Waals surface area contributed by atoms with Crippen molar-refractivity contribution in [3.05, 3.63) is 18.0 Å². The normalized spacial score (nSPS) is 13.6. The van der Waals surface area contributed by atoms with E-state index in [-0.39, 0.29) is 11.7 Å². The number of H-pyrrole nitrogens is 1. The SMILES string of the molecule is CC(NC(=O)c1ccn[nH]1)/C(N)=N/O. The molecular formula is C7H11N5O2. The summed E-state index contributed by atoms with van der Waals surface area (Å²) < 4.78 is 0. The number of carbonyl (C=O) groups is 1. The molecule has 1 rings (SSSR count). The summed E-state index contributed by atoms with van der Waals surface area (Å²) in [7, 11) is 0. The summed E-state index contributed by atoms with van der Waals surface area (Å²) in [5, 5.41) is 19.7. The molecule has 14 heavy (non-hydrogen) atoms. The number of nitrogens with zero attached hydrogens (tertiary/aromatic N) is 2. The zero-order valence-electron chi connectivity index (χ0n) is 7.56. The monoisotopic (exact) mass is 197 g/mol. The van der Waals surface area contributed by atoms with Gasteiger partial charge in [-0.3, -0.25) is 9.89 Å². The third-order valence-electron chi connectivity index (χ3n) is 1.65. The molecule has 1 atom stereocenters. The Labute approximate surface area is 80.0 Å². The van der Waals surface area contributed by atoms with E-state index in [1.807, 2.05) is 0 Å². The summed E-state index contributed by atoms with van der Waals surface area (Å²) in [6, 6.07) is 0.990. The van der Waals surface area contributed by atoms with Gasteiger partial charge in [-0.15, -0.1) is 0 Å². The average molecular weight is 197 g/mol. The van der Waals surface area contributed by atoms with Gasteiger partial charge in [0.2, 0.25) is 0 Å². The van der Waals surface area contributed by atoms with Gasteiger partial charge in [-0.1, -0.05) is 5.16 Å². The molecule has 1 amide bonds. The number of hydrogen-bond acceptors (Lipinski definition) is 4. The number of oxime groups is 1. The molecule has 5 N–H and O–H groups in total. The molecule has 1 aromatic rings. The lowest BCUT2D eigenvalue weighted by Gasteiger charge is -2.10. The molecule has 0 aliphatic heterocycles. The van der Waals surface area contributed by atoms with Crippen LogP contribution < -0.4 is 11.1 Å². The van der Waals surface area contributed by atoms with E-state index < -0.39 is 6.04 Å². The fourth-order valence-electron chi connectivity index (χ4n) is 0.817. The number of rotatable bonds is 3. The van der Waals surface area contributed by atoms with Crippen LogP contribution in [0.15, 0.2) is 17.4 Å². The Bertz CT molecular complexity index is 332. The zero-order chi connectivity index (χ0) is 10.6. The predicted molar refractivity (Wildman–Crippen MR) is 48.9 cm³/mol. The lowest BCUT2D eigenvalue weighted by Crippen LogP contribution is -2.42. The second kappa shape index (κ2) is 4.26. The number of hydrogen-bond donors (Lipinski definition) is 4. The summed E-state index contributed by atoms with van der Waals surface area (Å²) in [6.45, 7) is 1.60. The Kier molecular flexibility index (Phi) is 3.05. The van der Waals surface area contributed by atoms with E-state index in [0.29, 0.717) is 5.69 Å². The first-order valence-electron chi connectivity index (χ1n) is 3.92. The lowest BCUT2D eigenvalue weighted by atomic mass is 10.3. The Morgan fingerprint density at radius 1 is 1.86 bits per heavy atom. The highest BCUT2D eigenvalue weighted by Crippen LogP contribution is 1.92. The second-order valence-corrected chi connectivity index (χ2v) is 2.69. The number of amidine groups is 1. The van der Waals surface area contributed by atoms with Gasteiger partial charge in [0.25, 0.3) is 5.91 Å². The summed E-state index contributed by atoms with van der Waals surface area (Å²) in [6.07, 6.45) is 1.46. The number of aromatic amines is 1. The van der Waals surface area contributed by atoms with E-state index in [1.165, 1.54) is 12.3 Å². The van der Waals surface area contributed by atoms with E-state index in [2.05, 4.69) is 20.7 Å². The minimum absolute atomic E-state index is 0.0575. The first-order valence-corrected chi connectivity index (χ1v) is 3.92. The fourth-order valence-corrected chi connectivity index (χ4v) is 0.817. The van der Waals surface area contributed by atoms with Crippen molar-refractivity contribution in [1.82, 2.24) is 15.5 Å². The summed E-state index contributed by atoms with van der Waals surface area (Å²) in [5.74, 6) is -0.417. The maximum atomic E-state index is 11.4. The highest BCUT2D eigenvalue weighted by molar-refractivity contribution is 5.96. The van der Waals surface area contributed by atoms with Crippen LogP contribution in [0.1, 0.15) is 17.4 Å². The van der Waals surface area contributed by atoms with E-state index >= 15 is 0 Å². The largest absolute Gasteiger partial charge is 0.409 e. The molecular weight excluding hydrogens is 186 g/mol. The third kappa shape index (κ3) is 2.22. The summed E-state index contributed by atoms with van der Waals surface area (Å²) >= 11 is 0. The first kappa shape index (κ1) is 10.0. The first-order chi connectivity index (χ1) is 6.65. The van der Waals surface area contributed by atoms with Gasteiger partial charge in [0.05, 0.1) is 6.04 Å². The van der Waals surface area contributed by atoms with Crippen LogP contribution in [-0.2, 0) is 0 Å². The zero-order valence-corrected chi connectivity index (χ0v) is 7.56. The van der Waals surface area contributed by atoms with Crippen LogP contribution >= 0.6 is 0 Å². The van der Waals surface area contributed by atoms with Crippen molar-refractivity contribution in [3.8, 4) is 0 Å². The van der Waals surface area contributed by atoms with E-state index in [0.717, 1.165) is 0 Å². The molecule has 7 heteroatoms. The van der Waals surface area contributed by atoms with Crippen LogP contribution in [0.5, 0.6) is 0 Å². The van der Waals surface area contributed by atoms with Crippen molar-refractivity contribution >= 4 is 11.7 Å². The summed E-state index contributed by atoms with van der Waals surface area (Å²) in [5.41, 5.74) is 5.60. The highest BCUT2D eigenvalue weighted by Gasteiger charge is 2.13. The molecule has 0 aliphatic rings. The molecule has 0 saturated heterocycles. The van der Waals surface area contributed by atoms with Crippen LogP contribution in [0.2, 0.25) is 0 Å². The fraction of sp³-hybridized carbons (Fsp3) is 0.286. The van der Waals surface area contributed by atoms with Gasteiger partial charge in [-0.05, 0) is 13.0 Å². The van der Waals surface area contributed by atoms with Crippen molar-refractivity contribution in [1.29, 1.82) is 0 Å². The van der Waals surface area contributed by atoms with Gasteiger partial charge in [0, 0.05) is 6.20 Å². The molecule has 1 heterocycles. The molecule has 0 spiro atoms. The highest BCUT2D eigenvalue weighted by atomic mass is 16.4. The van der Waals surface area contributed by atoms with Gasteiger partial charge < -0.3 is 16.3 Å². The van der Waals surface area contributed by atoms with Gasteiger partial charge in [-0.25, -0.2) is 0 Å². The topological polar surface area (TPSA) is 116 Å². The molecule has 0 saturated carbocycles. The van der Waals surface area contributed by atoms with Gasteiger partial charge in [-0.2, -0.15) is 5.10 Å². The maximum Gasteiger partial charge on any atom is 0.269 e. The molecule has 1 aromatic heterocycles. The molecule has 7 nitrogen and oxygen atoms in total. The van der Waals surface area contributed by atoms with Crippen molar-refractivity contribution in [2.75, 3.05) is 0 Å². The standard InChI is InChI=1S/C7H11N5O2/c1-4(6(8)12-14)10-7(13)5-2-3-9-11-5/h2-4,14H,1H3,(H2,8,12)(H,9,11)(H,10,13). The quantitative estimate of drug-likeness (QED) is 0.221. The second-order valence-electron chi connectivity index (χ2n) is 2.69. The Morgan fingerprint density at radius 2 is 2.57 bits per heavy atom. The average Bonchev–Trinajstić information content (AvgIpc) is 2.69. The van der Waals surface area contributed by atoms with Crippen LogP contribution in [0.4, 0.5) is 0 Å². The van der Waals surface area contributed by atoms with E-state index in [4.69, 9.17) is 10.9 Å².